The zero-order valence-electron chi connectivity index (χ0n) is 9.84. The standard InChI is InChI=1S/C14H11Cl2F2N/c15-10-5-9(6-11(16)7-10)14(19)4-8-1-2-12(17)13(18)3-8/h1-3,5-7,14H,4,19H2. The summed E-state index contributed by atoms with van der Waals surface area (Å²) in [5.41, 5.74) is 7.38. The van der Waals surface area contributed by atoms with Crippen LogP contribution in [0.2, 0.25) is 10.0 Å². The molecule has 0 aromatic heterocycles. The highest BCUT2D eigenvalue weighted by molar-refractivity contribution is 6.34. The fourth-order valence-electron chi connectivity index (χ4n) is 1.83. The van der Waals surface area contributed by atoms with Crippen molar-refractivity contribution in [1.29, 1.82) is 0 Å². The Labute approximate surface area is 119 Å². The van der Waals surface area contributed by atoms with Crippen molar-refractivity contribution < 1.29 is 8.78 Å². The lowest BCUT2D eigenvalue weighted by molar-refractivity contribution is 0.506. The molecule has 0 amide bonds. The molecule has 0 saturated carbocycles. The Balaban J connectivity index is 2.20. The second kappa shape index (κ2) is 5.87. The zero-order chi connectivity index (χ0) is 14.0. The first kappa shape index (κ1) is 14.3. The van der Waals surface area contributed by atoms with Gasteiger partial charge in [0.05, 0.1) is 0 Å². The Morgan fingerprint density at radius 1 is 0.947 bits per heavy atom. The van der Waals surface area contributed by atoms with Crippen molar-refractivity contribution in [2.45, 2.75) is 12.5 Å². The zero-order valence-corrected chi connectivity index (χ0v) is 11.3. The van der Waals surface area contributed by atoms with Crippen LogP contribution in [0, 0.1) is 11.6 Å². The molecule has 1 atom stereocenters. The molecular formula is C14H11Cl2F2N. The lowest BCUT2D eigenvalue weighted by atomic mass is 9.99. The summed E-state index contributed by atoms with van der Waals surface area (Å²) < 4.78 is 25.9. The molecular weight excluding hydrogens is 291 g/mol. The molecule has 1 nitrogen and oxygen atoms in total. The van der Waals surface area contributed by atoms with Gasteiger partial charge < -0.3 is 5.73 Å². The quantitative estimate of drug-likeness (QED) is 0.886. The van der Waals surface area contributed by atoms with E-state index in [2.05, 4.69) is 0 Å². The van der Waals surface area contributed by atoms with Crippen LogP contribution in [0.1, 0.15) is 17.2 Å². The average molecular weight is 302 g/mol. The molecule has 0 fully saturated rings. The summed E-state index contributed by atoms with van der Waals surface area (Å²) in [6.45, 7) is 0. The normalized spacial score (nSPS) is 12.5. The number of rotatable bonds is 3. The van der Waals surface area contributed by atoms with E-state index < -0.39 is 11.6 Å². The van der Waals surface area contributed by atoms with Gasteiger partial charge in [-0.3, -0.25) is 0 Å². The monoisotopic (exact) mass is 301 g/mol. The van der Waals surface area contributed by atoms with E-state index in [1.165, 1.54) is 6.07 Å². The van der Waals surface area contributed by atoms with Crippen molar-refractivity contribution >= 4 is 23.2 Å². The molecule has 0 aliphatic carbocycles. The van der Waals surface area contributed by atoms with E-state index in [9.17, 15) is 8.78 Å². The van der Waals surface area contributed by atoms with Crippen molar-refractivity contribution in [3.05, 3.63) is 69.2 Å². The topological polar surface area (TPSA) is 26.0 Å². The Morgan fingerprint density at radius 2 is 1.58 bits per heavy atom. The summed E-state index contributed by atoms with van der Waals surface area (Å²) in [4.78, 5) is 0. The lowest BCUT2D eigenvalue weighted by Gasteiger charge is -2.13. The molecule has 0 spiro atoms. The first-order valence-electron chi connectivity index (χ1n) is 5.61. The highest BCUT2D eigenvalue weighted by atomic mass is 35.5. The van der Waals surface area contributed by atoms with Crippen LogP contribution in [0.3, 0.4) is 0 Å². The van der Waals surface area contributed by atoms with Crippen LogP contribution < -0.4 is 5.73 Å². The minimum Gasteiger partial charge on any atom is -0.324 e. The number of benzene rings is 2. The fourth-order valence-corrected chi connectivity index (χ4v) is 2.37. The largest absolute Gasteiger partial charge is 0.324 e. The van der Waals surface area contributed by atoms with Gasteiger partial charge in [0.25, 0.3) is 0 Å². The van der Waals surface area contributed by atoms with Gasteiger partial charge in [0.15, 0.2) is 11.6 Å². The molecule has 2 aromatic carbocycles. The summed E-state index contributed by atoms with van der Waals surface area (Å²) >= 11 is 11.8. The van der Waals surface area contributed by atoms with Crippen molar-refractivity contribution in [3.63, 3.8) is 0 Å². The summed E-state index contributed by atoms with van der Waals surface area (Å²) in [5, 5.41) is 0.978. The second-order valence-corrected chi connectivity index (χ2v) is 5.13. The minimum atomic E-state index is -0.881. The maximum atomic E-state index is 13.1. The summed E-state index contributed by atoms with van der Waals surface area (Å²) in [6.07, 6.45) is 0.369. The van der Waals surface area contributed by atoms with Crippen LogP contribution in [-0.2, 0) is 6.42 Å². The van der Waals surface area contributed by atoms with Crippen molar-refractivity contribution in [3.8, 4) is 0 Å². The van der Waals surface area contributed by atoms with E-state index in [1.807, 2.05) is 0 Å². The molecule has 5 heteroatoms. The SMILES string of the molecule is NC(Cc1ccc(F)c(F)c1)c1cc(Cl)cc(Cl)c1. The lowest BCUT2D eigenvalue weighted by Crippen LogP contribution is -2.13. The molecule has 0 aliphatic heterocycles. The van der Waals surface area contributed by atoms with Gasteiger partial charge in [0.1, 0.15) is 0 Å². The number of halogens is 4. The van der Waals surface area contributed by atoms with E-state index in [0.29, 0.717) is 22.0 Å². The predicted octanol–water partition coefficient (Wildman–Crippen LogP) is 4.51. The second-order valence-electron chi connectivity index (χ2n) is 4.26. The summed E-state index contributed by atoms with van der Waals surface area (Å²) in [6, 6.07) is 8.36. The maximum Gasteiger partial charge on any atom is 0.159 e. The van der Waals surface area contributed by atoms with Crippen molar-refractivity contribution in [1.82, 2.24) is 0 Å². The summed E-state index contributed by atoms with van der Waals surface area (Å²) in [5.74, 6) is -1.75. The number of hydrogen-bond donors (Lipinski definition) is 1. The van der Waals surface area contributed by atoms with Gasteiger partial charge in [-0.2, -0.15) is 0 Å². The minimum absolute atomic E-state index is 0.369. The molecule has 0 bridgehead atoms. The fraction of sp³-hybridized carbons (Fsp3) is 0.143. The van der Waals surface area contributed by atoms with Crippen molar-refractivity contribution in [2.24, 2.45) is 5.73 Å². The molecule has 2 rings (SSSR count). The first-order chi connectivity index (χ1) is 8.95. The molecule has 2 N–H and O–H groups in total. The maximum absolute atomic E-state index is 13.1. The van der Waals surface area contributed by atoms with Gasteiger partial charge in [0, 0.05) is 16.1 Å². The third-order valence-corrected chi connectivity index (χ3v) is 3.19. The van der Waals surface area contributed by atoms with Gasteiger partial charge in [-0.15, -0.1) is 0 Å². The third-order valence-electron chi connectivity index (χ3n) is 2.75. The predicted molar refractivity (Wildman–Crippen MR) is 73.5 cm³/mol. The van der Waals surface area contributed by atoms with E-state index in [-0.39, 0.29) is 6.04 Å². The van der Waals surface area contributed by atoms with Gasteiger partial charge in [-0.25, -0.2) is 8.78 Å². The molecule has 19 heavy (non-hydrogen) atoms. The van der Waals surface area contributed by atoms with Crippen LogP contribution >= 0.6 is 23.2 Å². The highest BCUT2D eigenvalue weighted by Crippen LogP contribution is 2.24. The number of nitrogens with two attached hydrogens (primary N) is 1. The Bertz CT molecular complexity index is 582. The molecule has 0 radical (unpaired) electrons. The van der Waals surface area contributed by atoms with Crippen LogP contribution in [-0.4, -0.2) is 0 Å². The molecule has 0 saturated heterocycles. The molecule has 100 valence electrons. The molecule has 2 aromatic rings. The van der Waals surface area contributed by atoms with Crippen LogP contribution in [0.5, 0.6) is 0 Å². The Hall–Kier alpha value is -1.16. The summed E-state index contributed by atoms with van der Waals surface area (Å²) in [7, 11) is 0. The van der Waals surface area contributed by atoms with E-state index in [4.69, 9.17) is 28.9 Å². The van der Waals surface area contributed by atoms with Gasteiger partial charge >= 0.3 is 0 Å². The van der Waals surface area contributed by atoms with Crippen molar-refractivity contribution in [2.75, 3.05) is 0 Å². The average Bonchev–Trinajstić information content (AvgIpc) is 2.32. The molecule has 0 aliphatic rings. The Morgan fingerprint density at radius 3 is 2.16 bits per heavy atom. The van der Waals surface area contributed by atoms with E-state index >= 15 is 0 Å². The number of hydrogen-bond acceptors (Lipinski definition) is 1. The van der Waals surface area contributed by atoms with Gasteiger partial charge in [-0.1, -0.05) is 29.3 Å². The van der Waals surface area contributed by atoms with Crippen LogP contribution in [0.4, 0.5) is 8.78 Å². The first-order valence-corrected chi connectivity index (χ1v) is 6.37. The Kier molecular flexibility index (Phi) is 4.40. The molecule has 1 unspecified atom stereocenters. The highest BCUT2D eigenvalue weighted by Gasteiger charge is 2.11. The van der Waals surface area contributed by atoms with Gasteiger partial charge in [-0.05, 0) is 47.9 Å². The smallest absolute Gasteiger partial charge is 0.159 e. The third kappa shape index (κ3) is 3.66. The van der Waals surface area contributed by atoms with Crippen LogP contribution in [0.15, 0.2) is 36.4 Å². The molecule has 0 heterocycles. The van der Waals surface area contributed by atoms with E-state index in [1.54, 1.807) is 18.2 Å². The van der Waals surface area contributed by atoms with Gasteiger partial charge in [0.2, 0.25) is 0 Å². The van der Waals surface area contributed by atoms with Crippen LogP contribution in [0.25, 0.3) is 0 Å². The van der Waals surface area contributed by atoms with E-state index in [0.717, 1.165) is 17.7 Å².